The second-order valence-corrected chi connectivity index (χ2v) is 17.5. The van der Waals surface area contributed by atoms with Crippen LogP contribution in [-0.2, 0) is 20.0 Å². The van der Waals surface area contributed by atoms with Crippen molar-refractivity contribution in [3.05, 3.63) is 57.6 Å². The number of hydrogen-bond donors (Lipinski definition) is 0. The van der Waals surface area contributed by atoms with Crippen LogP contribution in [0, 0.1) is 0 Å². The van der Waals surface area contributed by atoms with Crippen LogP contribution in [0.2, 0.25) is 0 Å². The molecule has 0 amide bonds. The van der Waals surface area contributed by atoms with E-state index in [0.717, 1.165) is 33.4 Å². The molecule has 0 spiro atoms. The maximum atomic E-state index is 14.3. The zero-order valence-electron chi connectivity index (χ0n) is 27.9. The van der Waals surface area contributed by atoms with Crippen molar-refractivity contribution in [3.8, 4) is 0 Å². The highest BCUT2D eigenvalue weighted by molar-refractivity contribution is 7.89. The topological polar surface area (TPSA) is 74.8 Å². The first-order valence-corrected chi connectivity index (χ1v) is 18.6. The Labute approximate surface area is 257 Å². The highest BCUT2D eigenvalue weighted by Gasteiger charge is 2.38. The van der Waals surface area contributed by atoms with Crippen molar-refractivity contribution in [2.45, 2.75) is 128 Å². The number of piperazine rings is 1. The molecular formula is C34H54N2O4S2. The molecule has 1 fully saturated rings. The lowest BCUT2D eigenvalue weighted by Crippen LogP contribution is -2.51. The fraction of sp³-hybridized carbons (Fsp3) is 0.647. The molecule has 0 saturated carbocycles. The molecule has 0 atom stereocenters. The quantitative estimate of drug-likeness (QED) is 0.270. The van der Waals surface area contributed by atoms with Gasteiger partial charge in [-0.3, -0.25) is 0 Å². The lowest BCUT2D eigenvalue weighted by Gasteiger charge is -2.36. The first-order valence-electron chi connectivity index (χ1n) is 15.7. The molecule has 236 valence electrons. The molecule has 0 aliphatic carbocycles. The molecule has 0 bridgehead atoms. The summed E-state index contributed by atoms with van der Waals surface area (Å²) in [6.07, 6.45) is 0. The summed E-state index contributed by atoms with van der Waals surface area (Å²) in [7, 11) is -7.67. The van der Waals surface area contributed by atoms with E-state index in [1.54, 1.807) is 0 Å². The average Bonchev–Trinajstić information content (AvgIpc) is 2.91. The molecule has 0 aromatic heterocycles. The van der Waals surface area contributed by atoms with Crippen molar-refractivity contribution in [2.24, 2.45) is 0 Å². The Kier molecular flexibility index (Phi) is 10.8. The Morgan fingerprint density at radius 1 is 0.429 bits per heavy atom. The molecule has 0 N–H and O–H groups in total. The maximum Gasteiger partial charge on any atom is 0.243 e. The van der Waals surface area contributed by atoms with E-state index in [-0.39, 0.29) is 61.7 Å². The Morgan fingerprint density at radius 3 is 0.810 bits per heavy atom. The first-order chi connectivity index (χ1) is 19.3. The number of hydrogen-bond acceptors (Lipinski definition) is 4. The molecule has 1 aliphatic heterocycles. The monoisotopic (exact) mass is 618 g/mol. The minimum atomic E-state index is -3.84. The van der Waals surface area contributed by atoms with Gasteiger partial charge in [0.15, 0.2) is 0 Å². The standard InChI is InChI=1S/C34H54N2O4S2/c1-21(2)27-17-29(23(5)6)33(30(18-27)24(7)8)41(37,38)35-13-15-36(16-14-35)42(39,40)34-31(25(9)10)19-28(22(3)4)20-32(34)26(11)12/h17-26H,13-16H2,1-12H3. The van der Waals surface area contributed by atoms with Crippen LogP contribution < -0.4 is 0 Å². The molecule has 42 heavy (non-hydrogen) atoms. The zero-order chi connectivity index (χ0) is 31.9. The van der Waals surface area contributed by atoms with Crippen LogP contribution in [0.15, 0.2) is 34.1 Å². The van der Waals surface area contributed by atoms with Gasteiger partial charge in [-0.05, 0) is 68.9 Å². The van der Waals surface area contributed by atoms with E-state index >= 15 is 0 Å². The van der Waals surface area contributed by atoms with Crippen molar-refractivity contribution < 1.29 is 16.8 Å². The number of benzene rings is 2. The van der Waals surface area contributed by atoms with Crippen LogP contribution in [-0.4, -0.2) is 51.6 Å². The fourth-order valence-electron chi connectivity index (χ4n) is 5.78. The third kappa shape index (κ3) is 6.82. The molecule has 0 radical (unpaired) electrons. The van der Waals surface area contributed by atoms with Crippen LogP contribution in [0.4, 0.5) is 0 Å². The Bertz CT molecular complexity index is 1310. The van der Waals surface area contributed by atoms with Crippen molar-refractivity contribution in [3.63, 3.8) is 0 Å². The van der Waals surface area contributed by atoms with E-state index in [4.69, 9.17) is 0 Å². The highest BCUT2D eigenvalue weighted by atomic mass is 32.2. The summed E-state index contributed by atoms with van der Waals surface area (Å²) in [6, 6.07) is 8.21. The van der Waals surface area contributed by atoms with Crippen LogP contribution in [0.25, 0.3) is 0 Å². The third-order valence-electron chi connectivity index (χ3n) is 8.55. The molecule has 1 heterocycles. The number of rotatable bonds is 10. The number of nitrogens with zero attached hydrogens (tertiary/aromatic N) is 2. The van der Waals surface area contributed by atoms with Crippen molar-refractivity contribution in [1.29, 1.82) is 0 Å². The average molecular weight is 619 g/mol. The first kappa shape index (κ1) is 34.7. The van der Waals surface area contributed by atoms with Gasteiger partial charge >= 0.3 is 0 Å². The van der Waals surface area contributed by atoms with Gasteiger partial charge in [0.2, 0.25) is 20.0 Å². The van der Waals surface area contributed by atoms with Crippen molar-refractivity contribution in [1.82, 2.24) is 8.61 Å². The predicted molar refractivity (Wildman–Crippen MR) is 175 cm³/mol. The summed E-state index contributed by atoms with van der Waals surface area (Å²) in [4.78, 5) is 0.809. The Hall–Kier alpha value is -1.74. The smallest absolute Gasteiger partial charge is 0.207 e. The largest absolute Gasteiger partial charge is 0.243 e. The SMILES string of the molecule is CC(C)c1cc(C(C)C)c(S(=O)(=O)N2CCN(S(=O)(=O)c3c(C(C)C)cc(C(C)C)cc3C(C)C)CC2)c(C(C)C)c1. The second-order valence-electron chi connectivity index (χ2n) is 13.8. The summed E-state index contributed by atoms with van der Waals surface area (Å²) in [5.74, 6) is 0.699. The van der Waals surface area contributed by atoms with E-state index in [1.165, 1.54) is 8.61 Å². The Morgan fingerprint density at radius 2 is 0.643 bits per heavy atom. The summed E-state index contributed by atoms with van der Waals surface area (Å²) in [6.45, 7) is 25.3. The van der Waals surface area contributed by atoms with Gasteiger partial charge in [-0.1, -0.05) is 107 Å². The van der Waals surface area contributed by atoms with Gasteiger partial charge in [0.25, 0.3) is 0 Å². The Balaban J connectivity index is 2.04. The van der Waals surface area contributed by atoms with Gasteiger partial charge in [-0.15, -0.1) is 0 Å². The predicted octanol–water partition coefficient (Wildman–Crippen LogP) is 8.12. The molecule has 1 saturated heterocycles. The van der Waals surface area contributed by atoms with Gasteiger partial charge in [0.05, 0.1) is 9.79 Å². The molecule has 0 unspecified atom stereocenters. The van der Waals surface area contributed by atoms with Gasteiger partial charge in [0.1, 0.15) is 0 Å². The lowest BCUT2D eigenvalue weighted by atomic mass is 9.89. The van der Waals surface area contributed by atoms with Gasteiger partial charge in [0, 0.05) is 26.2 Å². The van der Waals surface area contributed by atoms with Gasteiger partial charge < -0.3 is 0 Å². The van der Waals surface area contributed by atoms with Crippen molar-refractivity contribution in [2.75, 3.05) is 26.2 Å². The van der Waals surface area contributed by atoms with E-state index in [9.17, 15) is 16.8 Å². The molecule has 6 nitrogen and oxygen atoms in total. The van der Waals surface area contributed by atoms with E-state index in [1.807, 2.05) is 55.4 Å². The summed E-state index contributed by atoms with van der Waals surface area (Å²) < 4.78 is 60.2. The molecule has 2 aromatic rings. The van der Waals surface area contributed by atoms with Crippen LogP contribution in [0.1, 0.15) is 152 Å². The molecule has 2 aromatic carbocycles. The van der Waals surface area contributed by atoms with Crippen molar-refractivity contribution >= 4 is 20.0 Å². The minimum absolute atomic E-state index is 0.0327. The third-order valence-corrected chi connectivity index (χ3v) is 12.6. The molecular weight excluding hydrogens is 565 g/mol. The maximum absolute atomic E-state index is 14.3. The molecule has 3 rings (SSSR count). The fourth-order valence-corrected chi connectivity index (χ4v) is 9.96. The van der Waals surface area contributed by atoms with E-state index < -0.39 is 20.0 Å². The zero-order valence-corrected chi connectivity index (χ0v) is 29.6. The van der Waals surface area contributed by atoms with Crippen LogP contribution in [0.3, 0.4) is 0 Å². The van der Waals surface area contributed by atoms with Gasteiger partial charge in [-0.2, -0.15) is 8.61 Å². The number of sulfonamides is 2. The minimum Gasteiger partial charge on any atom is -0.207 e. The summed E-state index contributed by atoms with van der Waals surface area (Å²) in [5.41, 5.74) is 5.65. The van der Waals surface area contributed by atoms with E-state index in [0.29, 0.717) is 9.79 Å². The second kappa shape index (κ2) is 13.1. The summed E-state index contributed by atoms with van der Waals surface area (Å²) >= 11 is 0. The molecule has 1 aliphatic rings. The van der Waals surface area contributed by atoms with Crippen LogP contribution >= 0.6 is 0 Å². The normalized spacial score (nSPS) is 16.2. The van der Waals surface area contributed by atoms with Crippen LogP contribution in [0.5, 0.6) is 0 Å². The van der Waals surface area contributed by atoms with E-state index in [2.05, 4.69) is 52.0 Å². The molecule has 8 heteroatoms. The highest BCUT2D eigenvalue weighted by Crippen LogP contribution is 2.39. The lowest BCUT2D eigenvalue weighted by molar-refractivity contribution is 0.272. The summed E-state index contributed by atoms with van der Waals surface area (Å²) in [5, 5.41) is 0. The van der Waals surface area contributed by atoms with Gasteiger partial charge in [-0.25, -0.2) is 16.8 Å².